The molecular formula is C19H21N7OS. The van der Waals surface area contributed by atoms with Crippen LogP contribution in [0.15, 0.2) is 30.9 Å². The lowest BCUT2D eigenvalue weighted by molar-refractivity contribution is 0.0628. The van der Waals surface area contributed by atoms with Gasteiger partial charge < -0.3 is 4.90 Å². The second-order valence-electron chi connectivity index (χ2n) is 7.22. The van der Waals surface area contributed by atoms with E-state index in [4.69, 9.17) is 0 Å². The fourth-order valence-electron chi connectivity index (χ4n) is 4.04. The predicted molar refractivity (Wildman–Crippen MR) is 104 cm³/mol. The van der Waals surface area contributed by atoms with Crippen LogP contribution in [0.3, 0.4) is 0 Å². The zero-order valence-corrected chi connectivity index (χ0v) is 16.3. The van der Waals surface area contributed by atoms with Crippen LogP contribution in [-0.2, 0) is 19.4 Å². The third-order valence-corrected chi connectivity index (χ3v) is 6.74. The Hall–Kier alpha value is -2.65. The number of fused-ring (bicyclic) bond motifs is 1. The summed E-state index contributed by atoms with van der Waals surface area (Å²) in [4.78, 5) is 23.3. The number of hydrogen-bond acceptors (Lipinski definition) is 7. The van der Waals surface area contributed by atoms with Crippen LogP contribution in [0.25, 0.3) is 5.00 Å². The first-order valence-corrected chi connectivity index (χ1v) is 10.4. The van der Waals surface area contributed by atoms with Crippen LogP contribution < -0.4 is 0 Å². The molecule has 0 N–H and O–H groups in total. The molecule has 1 aliphatic carbocycles. The van der Waals surface area contributed by atoms with Crippen LogP contribution in [0, 0.1) is 0 Å². The average molecular weight is 395 g/mol. The molecule has 28 heavy (non-hydrogen) atoms. The Labute approximate surface area is 166 Å². The van der Waals surface area contributed by atoms with E-state index in [1.54, 1.807) is 28.5 Å². The molecule has 0 aromatic carbocycles. The van der Waals surface area contributed by atoms with Gasteiger partial charge in [0.05, 0.1) is 5.56 Å². The highest BCUT2D eigenvalue weighted by Crippen LogP contribution is 2.38. The molecule has 144 valence electrons. The molecule has 9 heteroatoms. The molecule has 0 bridgehead atoms. The number of nitrogens with zero attached hydrogens (tertiary/aromatic N) is 7. The summed E-state index contributed by atoms with van der Waals surface area (Å²) < 4.78 is 1.63. The number of carbonyl (C=O) groups is 1. The number of piperazine rings is 1. The highest BCUT2D eigenvalue weighted by atomic mass is 32.1. The van der Waals surface area contributed by atoms with Gasteiger partial charge in [-0.2, -0.15) is 4.68 Å². The highest BCUT2D eigenvalue weighted by Gasteiger charge is 2.32. The topological polar surface area (TPSA) is 80.0 Å². The molecule has 1 aliphatic heterocycles. The summed E-state index contributed by atoms with van der Waals surface area (Å²) in [6.07, 6.45) is 8.41. The van der Waals surface area contributed by atoms with Crippen LogP contribution >= 0.6 is 11.3 Å². The third kappa shape index (κ3) is 3.20. The molecule has 0 unspecified atom stereocenters. The Balaban J connectivity index is 1.33. The Kier molecular flexibility index (Phi) is 4.61. The normalized spacial score (nSPS) is 17.1. The number of tetrazole rings is 1. The van der Waals surface area contributed by atoms with Gasteiger partial charge in [0.1, 0.15) is 11.3 Å². The zero-order valence-electron chi connectivity index (χ0n) is 15.5. The van der Waals surface area contributed by atoms with E-state index in [2.05, 4.69) is 31.5 Å². The van der Waals surface area contributed by atoms with Crippen molar-refractivity contribution >= 4 is 17.2 Å². The van der Waals surface area contributed by atoms with E-state index in [0.29, 0.717) is 0 Å². The predicted octanol–water partition coefficient (Wildman–Crippen LogP) is 1.57. The van der Waals surface area contributed by atoms with Crippen molar-refractivity contribution in [2.24, 2.45) is 0 Å². The number of pyridine rings is 1. The molecule has 1 amide bonds. The van der Waals surface area contributed by atoms with Gasteiger partial charge in [-0.05, 0) is 46.9 Å². The van der Waals surface area contributed by atoms with Crippen molar-refractivity contribution < 1.29 is 4.79 Å². The van der Waals surface area contributed by atoms with E-state index >= 15 is 0 Å². The van der Waals surface area contributed by atoms with Crippen LogP contribution in [0.1, 0.15) is 32.8 Å². The van der Waals surface area contributed by atoms with Gasteiger partial charge in [-0.15, -0.1) is 16.4 Å². The largest absolute Gasteiger partial charge is 0.336 e. The van der Waals surface area contributed by atoms with Crippen molar-refractivity contribution in [1.29, 1.82) is 0 Å². The Bertz CT molecular complexity index is 962. The quantitative estimate of drug-likeness (QED) is 0.667. The van der Waals surface area contributed by atoms with Gasteiger partial charge in [-0.3, -0.25) is 14.7 Å². The first-order chi connectivity index (χ1) is 13.8. The standard InChI is InChI=1S/C19H21N7OS/c27-18(25-9-7-24(8-10-25)12-14-3-2-6-20-11-14)17-15-4-1-5-16(15)28-19(17)26-13-21-22-23-26/h2-3,6,11,13H,1,4-5,7-10,12H2. The van der Waals surface area contributed by atoms with Crippen LogP contribution in [-0.4, -0.2) is 67.1 Å². The molecular weight excluding hydrogens is 374 g/mol. The number of rotatable bonds is 4. The van der Waals surface area contributed by atoms with Gasteiger partial charge in [0.15, 0.2) is 0 Å². The van der Waals surface area contributed by atoms with Gasteiger partial charge in [0.2, 0.25) is 0 Å². The summed E-state index contributed by atoms with van der Waals surface area (Å²) in [6, 6.07) is 4.06. The molecule has 3 aromatic heterocycles. The number of carbonyl (C=O) groups excluding carboxylic acids is 1. The lowest BCUT2D eigenvalue weighted by Crippen LogP contribution is -2.48. The Morgan fingerprint density at radius 2 is 2.07 bits per heavy atom. The molecule has 8 nitrogen and oxygen atoms in total. The molecule has 0 atom stereocenters. The van der Waals surface area contributed by atoms with Crippen molar-refractivity contribution in [2.75, 3.05) is 26.2 Å². The minimum Gasteiger partial charge on any atom is -0.336 e. The molecule has 4 heterocycles. The second kappa shape index (κ2) is 7.40. The van der Waals surface area contributed by atoms with Gasteiger partial charge in [-0.25, -0.2) is 0 Å². The molecule has 0 spiro atoms. The molecule has 2 aliphatic rings. The molecule has 0 saturated carbocycles. The number of aromatic nitrogens is 5. The summed E-state index contributed by atoms with van der Waals surface area (Å²) in [6.45, 7) is 4.08. The monoisotopic (exact) mass is 395 g/mol. The number of aryl methyl sites for hydroxylation is 1. The summed E-state index contributed by atoms with van der Waals surface area (Å²) in [5.74, 6) is 0.117. The van der Waals surface area contributed by atoms with Crippen LogP contribution in [0.4, 0.5) is 0 Å². The minimum atomic E-state index is 0.117. The molecule has 1 saturated heterocycles. The Morgan fingerprint density at radius 1 is 1.18 bits per heavy atom. The van der Waals surface area contributed by atoms with E-state index in [-0.39, 0.29) is 5.91 Å². The van der Waals surface area contributed by atoms with Gasteiger partial charge in [-0.1, -0.05) is 6.07 Å². The minimum absolute atomic E-state index is 0.117. The first-order valence-electron chi connectivity index (χ1n) is 9.58. The number of thiophene rings is 1. The van der Waals surface area contributed by atoms with Crippen molar-refractivity contribution in [3.63, 3.8) is 0 Å². The van der Waals surface area contributed by atoms with Crippen LogP contribution in [0.2, 0.25) is 0 Å². The maximum atomic E-state index is 13.4. The fraction of sp³-hybridized carbons (Fsp3) is 0.421. The third-order valence-electron chi connectivity index (χ3n) is 5.46. The maximum absolute atomic E-state index is 13.4. The van der Waals surface area contributed by atoms with E-state index in [0.717, 1.165) is 62.6 Å². The van der Waals surface area contributed by atoms with Crippen molar-refractivity contribution in [1.82, 2.24) is 35.0 Å². The number of hydrogen-bond donors (Lipinski definition) is 0. The molecule has 1 fully saturated rings. The summed E-state index contributed by atoms with van der Waals surface area (Å²) in [5.41, 5.74) is 3.22. The van der Waals surface area contributed by atoms with E-state index in [1.165, 1.54) is 16.0 Å². The Morgan fingerprint density at radius 3 is 2.82 bits per heavy atom. The zero-order chi connectivity index (χ0) is 18.9. The lowest BCUT2D eigenvalue weighted by Gasteiger charge is -2.35. The summed E-state index contributed by atoms with van der Waals surface area (Å²) >= 11 is 1.66. The van der Waals surface area contributed by atoms with Gasteiger partial charge in [0, 0.05) is 50.0 Å². The highest BCUT2D eigenvalue weighted by molar-refractivity contribution is 7.15. The number of amides is 1. The molecule has 3 aromatic rings. The molecule has 5 rings (SSSR count). The lowest BCUT2D eigenvalue weighted by atomic mass is 10.1. The fourth-order valence-corrected chi connectivity index (χ4v) is 5.34. The smallest absolute Gasteiger partial charge is 0.257 e. The van der Waals surface area contributed by atoms with Gasteiger partial charge >= 0.3 is 0 Å². The van der Waals surface area contributed by atoms with E-state index < -0.39 is 0 Å². The second-order valence-corrected chi connectivity index (χ2v) is 8.31. The maximum Gasteiger partial charge on any atom is 0.257 e. The SMILES string of the molecule is O=C(c1c(-n2cnnn2)sc2c1CCC2)N1CCN(Cc2cccnc2)CC1. The van der Waals surface area contributed by atoms with E-state index in [9.17, 15) is 4.79 Å². The van der Waals surface area contributed by atoms with Crippen molar-refractivity contribution in [3.8, 4) is 5.00 Å². The van der Waals surface area contributed by atoms with E-state index in [1.807, 2.05) is 17.2 Å². The average Bonchev–Trinajstić information content (AvgIpc) is 3.46. The van der Waals surface area contributed by atoms with Crippen LogP contribution in [0.5, 0.6) is 0 Å². The first kappa shape index (κ1) is 17.4. The summed E-state index contributed by atoms with van der Waals surface area (Å²) in [7, 11) is 0. The van der Waals surface area contributed by atoms with Gasteiger partial charge in [0.25, 0.3) is 5.91 Å². The van der Waals surface area contributed by atoms with Crippen molar-refractivity contribution in [3.05, 3.63) is 52.4 Å². The molecule has 0 radical (unpaired) electrons. The summed E-state index contributed by atoms with van der Waals surface area (Å²) in [5, 5.41) is 12.4. The van der Waals surface area contributed by atoms with Crippen molar-refractivity contribution in [2.45, 2.75) is 25.8 Å².